The highest BCUT2D eigenvalue weighted by atomic mass is 32.1. The summed E-state index contributed by atoms with van der Waals surface area (Å²) in [5.41, 5.74) is 2.59. The summed E-state index contributed by atoms with van der Waals surface area (Å²) < 4.78 is 0. The summed E-state index contributed by atoms with van der Waals surface area (Å²) in [5.74, 6) is 0.793. The van der Waals surface area contributed by atoms with Crippen LogP contribution >= 0.6 is 11.3 Å². The number of nitrogens with zero attached hydrogens (tertiary/aromatic N) is 2. The summed E-state index contributed by atoms with van der Waals surface area (Å²) in [7, 11) is 0. The Bertz CT molecular complexity index is 655. The largest absolute Gasteiger partial charge is 0.357 e. The second kappa shape index (κ2) is 7.27. The van der Waals surface area contributed by atoms with Crippen LogP contribution in [0, 0.1) is 12.8 Å². The number of piperidine rings is 1. The number of aromatic nitrogens is 2. The number of thiazole rings is 1. The lowest BCUT2D eigenvalue weighted by molar-refractivity contribution is 0.0685. The zero-order valence-electron chi connectivity index (χ0n) is 13.8. The molecule has 5 nitrogen and oxygen atoms in total. The number of likely N-dealkylation sites (tertiary alicyclic amines) is 1. The van der Waals surface area contributed by atoms with Crippen LogP contribution in [0.5, 0.6) is 0 Å². The van der Waals surface area contributed by atoms with Crippen LogP contribution in [0.4, 0.5) is 0 Å². The van der Waals surface area contributed by atoms with Crippen LogP contribution in [0.15, 0.2) is 17.6 Å². The molecule has 2 N–H and O–H groups in total. The molecule has 23 heavy (non-hydrogen) atoms. The monoisotopic (exact) mass is 332 g/mol. The standard InChI is InChI=1S/C17H24N4OS/c1-3-18-9-13-4-6-21(7-5-13)17(22)15-8-14(10-19-15)16-11-23-12(2)20-16/h8,10-11,13,18-19H,3-7,9H2,1-2H3. The molecule has 0 aliphatic carbocycles. The smallest absolute Gasteiger partial charge is 0.270 e. The van der Waals surface area contributed by atoms with Crippen molar-refractivity contribution < 1.29 is 4.79 Å². The Hall–Kier alpha value is -1.66. The Morgan fingerprint density at radius 2 is 2.26 bits per heavy atom. The molecule has 1 aliphatic heterocycles. The van der Waals surface area contributed by atoms with Gasteiger partial charge in [0.2, 0.25) is 0 Å². The van der Waals surface area contributed by atoms with E-state index in [1.165, 1.54) is 0 Å². The van der Waals surface area contributed by atoms with Gasteiger partial charge in [-0.15, -0.1) is 11.3 Å². The summed E-state index contributed by atoms with van der Waals surface area (Å²) in [6.07, 6.45) is 4.04. The van der Waals surface area contributed by atoms with Gasteiger partial charge in [0.05, 0.1) is 10.7 Å². The molecule has 124 valence electrons. The molecule has 0 radical (unpaired) electrons. The van der Waals surface area contributed by atoms with E-state index in [-0.39, 0.29) is 5.91 Å². The second-order valence-corrected chi connectivity index (χ2v) is 7.16. The van der Waals surface area contributed by atoms with Gasteiger partial charge in [0, 0.05) is 30.2 Å². The van der Waals surface area contributed by atoms with Crippen molar-refractivity contribution in [3.05, 3.63) is 28.3 Å². The fourth-order valence-electron chi connectivity index (χ4n) is 3.02. The van der Waals surface area contributed by atoms with Gasteiger partial charge in [-0.2, -0.15) is 0 Å². The maximum absolute atomic E-state index is 12.6. The number of nitrogens with one attached hydrogen (secondary N) is 2. The normalized spacial score (nSPS) is 16.0. The molecule has 3 heterocycles. The number of aromatic amines is 1. The van der Waals surface area contributed by atoms with E-state index in [9.17, 15) is 4.79 Å². The van der Waals surface area contributed by atoms with Gasteiger partial charge >= 0.3 is 0 Å². The highest BCUT2D eigenvalue weighted by molar-refractivity contribution is 7.09. The van der Waals surface area contributed by atoms with E-state index in [2.05, 4.69) is 22.2 Å². The number of H-pyrrole nitrogens is 1. The summed E-state index contributed by atoms with van der Waals surface area (Å²) in [4.78, 5) is 22.2. The van der Waals surface area contributed by atoms with E-state index in [1.54, 1.807) is 11.3 Å². The number of carbonyl (C=O) groups excluding carboxylic acids is 1. The molecule has 3 rings (SSSR count). The first-order valence-corrected chi connectivity index (χ1v) is 9.16. The van der Waals surface area contributed by atoms with E-state index < -0.39 is 0 Å². The van der Waals surface area contributed by atoms with Crippen molar-refractivity contribution >= 4 is 17.2 Å². The van der Waals surface area contributed by atoms with Crippen LogP contribution < -0.4 is 5.32 Å². The number of amides is 1. The molecule has 6 heteroatoms. The van der Waals surface area contributed by atoms with Gasteiger partial charge in [-0.3, -0.25) is 4.79 Å². The van der Waals surface area contributed by atoms with Crippen molar-refractivity contribution in [3.8, 4) is 11.3 Å². The predicted octanol–water partition coefficient (Wildman–Crippen LogP) is 2.91. The van der Waals surface area contributed by atoms with Crippen molar-refractivity contribution in [1.82, 2.24) is 20.2 Å². The Balaban J connectivity index is 1.60. The Morgan fingerprint density at radius 1 is 1.48 bits per heavy atom. The molecule has 0 aromatic carbocycles. The van der Waals surface area contributed by atoms with Crippen LogP contribution in [-0.2, 0) is 0 Å². The maximum atomic E-state index is 12.6. The van der Waals surface area contributed by atoms with Gasteiger partial charge in [-0.05, 0) is 44.8 Å². The second-order valence-electron chi connectivity index (χ2n) is 6.10. The number of rotatable bonds is 5. The van der Waals surface area contributed by atoms with Crippen molar-refractivity contribution in [2.45, 2.75) is 26.7 Å². The predicted molar refractivity (Wildman–Crippen MR) is 93.8 cm³/mol. The first kappa shape index (κ1) is 16.2. The highest BCUT2D eigenvalue weighted by Gasteiger charge is 2.24. The Morgan fingerprint density at radius 3 is 2.91 bits per heavy atom. The topological polar surface area (TPSA) is 61.0 Å². The van der Waals surface area contributed by atoms with Crippen LogP contribution in [0.25, 0.3) is 11.3 Å². The Kier molecular flexibility index (Phi) is 5.13. The van der Waals surface area contributed by atoms with Gasteiger partial charge in [-0.25, -0.2) is 4.98 Å². The summed E-state index contributed by atoms with van der Waals surface area (Å²) in [5, 5.41) is 6.47. The van der Waals surface area contributed by atoms with Crippen molar-refractivity contribution in [2.75, 3.05) is 26.2 Å². The average molecular weight is 332 g/mol. The molecule has 2 aromatic heterocycles. The first-order chi connectivity index (χ1) is 11.2. The number of aryl methyl sites for hydroxylation is 1. The molecule has 0 atom stereocenters. The third kappa shape index (κ3) is 3.82. The summed E-state index contributed by atoms with van der Waals surface area (Å²) in [6, 6.07) is 1.92. The van der Waals surface area contributed by atoms with Crippen LogP contribution in [0.3, 0.4) is 0 Å². The van der Waals surface area contributed by atoms with E-state index in [0.717, 1.165) is 55.3 Å². The van der Waals surface area contributed by atoms with Crippen LogP contribution in [0.1, 0.15) is 35.3 Å². The lowest BCUT2D eigenvalue weighted by atomic mass is 9.96. The minimum absolute atomic E-state index is 0.102. The lowest BCUT2D eigenvalue weighted by Crippen LogP contribution is -2.40. The summed E-state index contributed by atoms with van der Waals surface area (Å²) >= 11 is 1.63. The lowest BCUT2D eigenvalue weighted by Gasteiger charge is -2.31. The van der Waals surface area contributed by atoms with Crippen molar-refractivity contribution in [1.29, 1.82) is 0 Å². The molecule has 0 spiro atoms. The van der Waals surface area contributed by atoms with E-state index in [4.69, 9.17) is 0 Å². The number of hydrogen-bond donors (Lipinski definition) is 2. The van der Waals surface area contributed by atoms with Gasteiger partial charge in [-0.1, -0.05) is 6.92 Å². The zero-order chi connectivity index (χ0) is 16.2. The van der Waals surface area contributed by atoms with E-state index in [0.29, 0.717) is 11.6 Å². The fourth-order valence-corrected chi connectivity index (χ4v) is 3.64. The first-order valence-electron chi connectivity index (χ1n) is 8.28. The van der Waals surface area contributed by atoms with Crippen molar-refractivity contribution in [2.24, 2.45) is 5.92 Å². The molecule has 1 amide bonds. The SMILES string of the molecule is CCNCC1CCN(C(=O)c2cc(-c3csc(C)n3)c[nH]2)CC1. The fraction of sp³-hybridized carbons (Fsp3) is 0.529. The molecule has 1 saturated heterocycles. The van der Waals surface area contributed by atoms with Gasteiger partial charge in [0.15, 0.2) is 0 Å². The molecule has 0 unspecified atom stereocenters. The van der Waals surface area contributed by atoms with Gasteiger partial charge < -0.3 is 15.2 Å². The number of hydrogen-bond acceptors (Lipinski definition) is 4. The Labute approximate surface area is 141 Å². The molecule has 0 bridgehead atoms. The summed E-state index contributed by atoms with van der Waals surface area (Å²) in [6.45, 7) is 7.89. The highest BCUT2D eigenvalue weighted by Crippen LogP contribution is 2.24. The van der Waals surface area contributed by atoms with Gasteiger partial charge in [0.25, 0.3) is 5.91 Å². The molecule has 0 saturated carbocycles. The van der Waals surface area contributed by atoms with E-state index in [1.807, 2.05) is 29.5 Å². The van der Waals surface area contributed by atoms with Crippen LogP contribution in [0.2, 0.25) is 0 Å². The quantitative estimate of drug-likeness (QED) is 0.885. The van der Waals surface area contributed by atoms with E-state index >= 15 is 0 Å². The zero-order valence-corrected chi connectivity index (χ0v) is 14.6. The number of carbonyl (C=O) groups is 1. The minimum Gasteiger partial charge on any atom is -0.357 e. The molecule has 1 aliphatic rings. The van der Waals surface area contributed by atoms with Crippen LogP contribution in [-0.4, -0.2) is 47.0 Å². The third-order valence-corrected chi connectivity index (χ3v) is 5.19. The average Bonchev–Trinajstić information content (AvgIpc) is 3.21. The minimum atomic E-state index is 0.102. The molecule has 1 fully saturated rings. The van der Waals surface area contributed by atoms with Gasteiger partial charge in [0.1, 0.15) is 5.69 Å². The molecular formula is C17H24N4OS. The third-order valence-electron chi connectivity index (χ3n) is 4.41. The maximum Gasteiger partial charge on any atom is 0.270 e. The molecule has 2 aromatic rings. The van der Waals surface area contributed by atoms with Crippen molar-refractivity contribution in [3.63, 3.8) is 0 Å². The molecular weight excluding hydrogens is 308 g/mol.